The Morgan fingerprint density at radius 3 is 2.06 bits per heavy atom. The molecule has 1 aliphatic carbocycles. The third-order valence-electron chi connectivity index (χ3n) is 6.59. The molecule has 1 aromatic heterocycles. The molecule has 7 heteroatoms. The molecule has 1 saturated carbocycles. The van der Waals surface area contributed by atoms with E-state index in [2.05, 4.69) is 24.3 Å². The van der Waals surface area contributed by atoms with Crippen molar-refractivity contribution in [2.24, 2.45) is 5.92 Å². The lowest BCUT2D eigenvalue weighted by Gasteiger charge is -2.35. The summed E-state index contributed by atoms with van der Waals surface area (Å²) in [6.07, 6.45) is 1.32. The highest BCUT2D eigenvalue weighted by Crippen LogP contribution is 2.62. The van der Waals surface area contributed by atoms with Gasteiger partial charge in [0.2, 0.25) is 5.60 Å². The number of rotatable bonds is 8. The van der Waals surface area contributed by atoms with E-state index in [-0.39, 0.29) is 5.92 Å². The predicted octanol–water partition coefficient (Wildman–Crippen LogP) is 4.52. The first kappa shape index (κ1) is 23.9. The van der Waals surface area contributed by atoms with E-state index in [0.717, 1.165) is 11.1 Å². The predicted molar refractivity (Wildman–Crippen MR) is 130 cm³/mol. The van der Waals surface area contributed by atoms with Gasteiger partial charge in [-0.2, -0.15) is 4.73 Å². The van der Waals surface area contributed by atoms with E-state index < -0.39 is 29.1 Å². The van der Waals surface area contributed by atoms with Gasteiger partial charge in [0.1, 0.15) is 10.7 Å². The number of pyridine rings is 1. The summed E-state index contributed by atoms with van der Waals surface area (Å²) in [6.45, 7) is 2.92. The summed E-state index contributed by atoms with van der Waals surface area (Å²) in [5.41, 5.74) is 0.152. The van der Waals surface area contributed by atoms with Gasteiger partial charge in [0.15, 0.2) is 0 Å². The van der Waals surface area contributed by atoms with Crippen molar-refractivity contribution in [3.05, 3.63) is 101 Å². The van der Waals surface area contributed by atoms with Crippen LogP contribution in [0.25, 0.3) is 0 Å². The number of hydrogen-bond acceptors (Lipinski definition) is 6. The zero-order valence-corrected chi connectivity index (χ0v) is 20.2. The Morgan fingerprint density at radius 1 is 1.00 bits per heavy atom. The lowest BCUT2D eigenvalue weighted by molar-refractivity contribution is -0.192. The molecule has 3 atom stereocenters. The normalized spacial score (nSPS) is 18.9. The first-order chi connectivity index (χ1) is 16.3. The molecular weight excluding hydrogens is 450 g/mol. The molecule has 0 radical (unpaired) electrons. The molecule has 0 aliphatic heterocycles. The number of esters is 1. The van der Waals surface area contributed by atoms with Gasteiger partial charge in [0, 0.05) is 31.6 Å². The summed E-state index contributed by atoms with van der Waals surface area (Å²) < 4.78 is 13.1. The molecule has 4 rings (SSSR count). The molecule has 3 unspecified atom stereocenters. The van der Waals surface area contributed by atoms with Crippen LogP contribution in [0.2, 0.25) is 0 Å². The van der Waals surface area contributed by atoms with Crippen molar-refractivity contribution < 1.29 is 23.9 Å². The van der Waals surface area contributed by atoms with Crippen molar-refractivity contribution in [2.75, 3.05) is 7.11 Å². The Bertz CT molecular complexity index is 1190. The summed E-state index contributed by atoms with van der Waals surface area (Å²) in [7, 11) is 1.41. The van der Waals surface area contributed by atoms with Gasteiger partial charge in [-0.3, -0.25) is 4.79 Å². The molecule has 0 bridgehead atoms. The van der Waals surface area contributed by atoms with Gasteiger partial charge < -0.3 is 14.3 Å². The Balaban J connectivity index is 1.76. The van der Waals surface area contributed by atoms with Crippen molar-refractivity contribution in [2.45, 2.75) is 37.4 Å². The van der Waals surface area contributed by atoms with Crippen LogP contribution in [0.3, 0.4) is 0 Å². The van der Waals surface area contributed by atoms with Crippen molar-refractivity contribution in [1.29, 1.82) is 0 Å². The SMILES string of the molecule is COC(C)(C(=O)On1ccccc1=S)C(OC(C)=O)C1CC1(c1ccccc1)c1ccccc1. The van der Waals surface area contributed by atoms with Crippen LogP contribution in [-0.2, 0) is 24.5 Å². The molecule has 2 aromatic carbocycles. The first-order valence-corrected chi connectivity index (χ1v) is 11.5. The molecule has 3 aromatic rings. The summed E-state index contributed by atoms with van der Waals surface area (Å²) in [4.78, 5) is 31.2. The van der Waals surface area contributed by atoms with E-state index in [1.165, 1.54) is 18.8 Å². The number of benzene rings is 2. The molecular formula is C27H27NO5S. The quantitative estimate of drug-likeness (QED) is 0.351. The Hall–Kier alpha value is -3.29. The molecule has 0 saturated heterocycles. The maximum atomic E-state index is 13.5. The Morgan fingerprint density at radius 2 is 1.56 bits per heavy atom. The first-order valence-electron chi connectivity index (χ1n) is 11.1. The molecule has 0 spiro atoms. The van der Waals surface area contributed by atoms with E-state index in [0.29, 0.717) is 11.1 Å². The number of ether oxygens (including phenoxy) is 2. The largest absolute Gasteiger partial charge is 0.458 e. The molecule has 1 fully saturated rings. The van der Waals surface area contributed by atoms with Crippen molar-refractivity contribution in [3.63, 3.8) is 0 Å². The second kappa shape index (κ2) is 9.52. The number of carbonyl (C=O) groups excluding carboxylic acids is 2. The average molecular weight is 478 g/mol. The maximum absolute atomic E-state index is 13.5. The number of nitrogens with zero attached hydrogens (tertiary/aromatic N) is 1. The van der Waals surface area contributed by atoms with Gasteiger partial charge in [-0.1, -0.05) is 78.9 Å². The number of carbonyl (C=O) groups is 2. The van der Waals surface area contributed by atoms with Gasteiger partial charge in [0.25, 0.3) is 0 Å². The minimum absolute atomic E-state index is 0.220. The Kier molecular flexibility index (Phi) is 6.68. The smallest absolute Gasteiger partial charge is 0.367 e. The van der Waals surface area contributed by atoms with Crippen LogP contribution in [0.1, 0.15) is 31.4 Å². The van der Waals surface area contributed by atoms with Crippen LogP contribution in [0, 0.1) is 10.6 Å². The van der Waals surface area contributed by atoms with Crippen LogP contribution in [0.4, 0.5) is 0 Å². The van der Waals surface area contributed by atoms with Crippen LogP contribution in [0.5, 0.6) is 0 Å². The van der Waals surface area contributed by atoms with Crippen LogP contribution < -0.4 is 4.84 Å². The average Bonchev–Trinajstić information content (AvgIpc) is 3.61. The van der Waals surface area contributed by atoms with Crippen LogP contribution >= 0.6 is 12.2 Å². The molecule has 0 N–H and O–H groups in total. The van der Waals surface area contributed by atoms with Crippen molar-refractivity contribution in [3.8, 4) is 0 Å². The molecule has 176 valence electrons. The van der Waals surface area contributed by atoms with Gasteiger partial charge in [0.05, 0.1) is 0 Å². The van der Waals surface area contributed by atoms with Crippen molar-refractivity contribution >= 4 is 24.2 Å². The minimum atomic E-state index is -1.58. The van der Waals surface area contributed by atoms with E-state index >= 15 is 0 Å². The molecule has 1 aliphatic rings. The lowest BCUT2D eigenvalue weighted by atomic mass is 9.81. The fourth-order valence-electron chi connectivity index (χ4n) is 4.70. The summed E-state index contributed by atoms with van der Waals surface area (Å²) >= 11 is 5.25. The molecule has 0 amide bonds. The van der Waals surface area contributed by atoms with Crippen LogP contribution in [0.15, 0.2) is 85.1 Å². The second-order valence-electron chi connectivity index (χ2n) is 8.60. The van der Waals surface area contributed by atoms with Gasteiger partial charge in [-0.05, 0) is 36.6 Å². The molecule has 1 heterocycles. The van der Waals surface area contributed by atoms with Gasteiger partial charge in [-0.15, -0.1) is 0 Å². The summed E-state index contributed by atoms with van der Waals surface area (Å²) in [6, 6.07) is 25.2. The monoisotopic (exact) mass is 477 g/mol. The summed E-state index contributed by atoms with van der Waals surface area (Å²) in [5.74, 6) is -1.42. The highest BCUT2D eigenvalue weighted by Gasteiger charge is 2.66. The highest BCUT2D eigenvalue weighted by molar-refractivity contribution is 7.71. The lowest BCUT2D eigenvalue weighted by Crippen LogP contribution is -2.55. The zero-order valence-electron chi connectivity index (χ0n) is 19.3. The van der Waals surface area contributed by atoms with E-state index in [1.807, 2.05) is 36.4 Å². The third kappa shape index (κ3) is 4.29. The topological polar surface area (TPSA) is 66.8 Å². The standard InChI is InChI=1S/C27H27NO5S/c1-19(29)32-24(26(2,31-3)25(30)33-28-17-11-10-16-23(28)34)22-18-27(22,20-12-6-4-7-13-20)21-14-8-5-9-15-21/h4-17,22,24H,18H2,1-3H3. The van der Waals surface area contributed by atoms with Gasteiger partial charge >= 0.3 is 11.9 Å². The van der Waals surface area contributed by atoms with Crippen molar-refractivity contribution in [1.82, 2.24) is 4.73 Å². The molecule has 6 nitrogen and oxygen atoms in total. The van der Waals surface area contributed by atoms with Crippen LogP contribution in [-0.4, -0.2) is 35.5 Å². The van der Waals surface area contributed by atoms with Gasteiger partial charge in [-0.25, -0.2) is 4.79 Å². The number of methoxy groups -OCH3 is 1. The zero-order chi connectivity index (χ0) is 24.3. The third-order valence-corrected chi connectivity index (χ3v) is 6.91. The Labute approximate surface area is 204 Å². The van der Waals surface area contributed by atoms with E-state index in [4.69, 9.17) is 26.5 Å². The molecule has 34 heavy (non-hydrogen) atoms. The minimum Gasteiger partial charge on any atom is -0.458 e. The number of aromatic nitrogens is 1. The van der Waals surface area contributed by atoms with E-state index in [1.54, 1.807) is 31.3 Å². The fraction of sp³-hybridized carbons (Fsp3) is 0.296. The summed E-state index contributed by atoms with van der Waals surface area (Å²) in [5, 5.41) is 0. The highest BCUT2D eigenvalue weighted by atomic mass is 32.1. The maximum Gasteiger partial charge on any atom is 0.367 e. The number of hydrogen-bond donors (Lipinski definition) is 0. The van der Waals surface area contributed by atoms with E-state index in [9.17, 15) is 9.59 Å². The fourth-order valence-corrected chi connectivity index (χ4v) is 4.87. The second-order valence-corrected chi connectivity index (χ2v) is 9.02.